The summed E-state index contributed by atoms with van der Waals surface area (Å²) in [4.78, 5) is 16.3. The van der Waals surface area contributed by atoms with Gasteiger partial charge in [-0.2, -0.15) is 0 Å². The van der Waals surface area contributed by atoms with Gasteiger partial charge in [-0.15, -0.1) is 0 Å². The first-order chi connectivity index (χ1) is 10.1. The maximum atomic E-state index is 12.1. The number of benzene rings is 1. The molecule has 2 rings (SSSR count). The highest BCUT2D eigenvalue weighted by atomic mass is 16.5. The van der Waals surface area contributed by atoms with E-state index in [1.54, 1.807) is 25.3 Å². The van der Waals surface area contributed by atoms with Crippen molar-refractivity contribution >= 4 is 11.6 Å². The number of amides is 1. The first kappa shape index (κ1) is 15.0. The lowest BCUT2D eigenvalue weighted by Gasteiger charge is -2.16. The van der Waals surface area contributed by atoms with Crippen LogP contribution in [-0.2, 0) is 11.3 Å². The van der Waals surface area contributed by atoms with E-state index in [1.807, 2.05) is 31.2 Å². The number of aromatic nitrogens is 1. The first-order valence-corrected chi connectivity index (χ1v) is 6.78. The Morgan fingerprint density at radius 2 is 2.19 bits per heavy atom. The van der Waals surface area contributed by atoms with E-state index in [0.29, 0.717) is 18.0 Å². The molecule has 0 aliphatic carbocycles. The van der Waals surface area contributed by atoms with Crippen molar-refractivity contribution in [3.63, 3.8) is 0 Å². The van der Waals surface area contributed by atoms with Gasteiger partial charge in [0.25, 0.3) is 5.91 Å². The van der Waals surface area contributed by atoms with Crippen LogP contribution < -0.4 is 15.8 Å². The average Bonchev–Trinajstić information content (AvgIpc) is 2.49. The Kier molecular flexibility index (Phi) is 4.90. The summed E-state index contributed by atoms with van der Waals surface area (Å²) >= 11 is 0. The Bertz CT molecular complexity index is 628. The Morgan fingerprint density at radius 3 is 2.90 bits per heavy atom. The van der Waals surface area contributed by atoms with Crippen LogP contribution >= 0.6 is 0 Å². The fourth-order valence-corrected chi connectivity index (χ4v) is 1.86. The van der Waals surface area contributed by atoms with Crippen LogP contribution in [0.15, 0.2) is 42.6 Å². The minimum atomic E-state index is -0.616. The largest absolute Gasteiger partial charge is 0.479 e. The molecule has 2 aromatic rings. The summed E-state index contributed by atoms with van der Waals surface area (Å²) in [6, 6.07) is 11.0. The molecule has 21 heavy (non-hydrogen) atoms. The summed E-state index contributed by atoms with van der Waals surface area (Å²) in [5.41, 5.74) is 8.01. The van der Waals surface area contributed by atoms with Gasteiger partial charge in [-0.05, 0) is 43.7 Å². The molecular formula is C16H19N3O2. The molecular weight excluding hydrogens is 266 g/mol. The van der Waals surface area contributed by atoms with Crippen molar-refractivity contribution in [3.05, 3.63) is 53.9 Å². The predicted molar refractivity (Wildman–Crippen MR) is 82.0 cm³/mol. The van der Waals surface area contributed by atoms with Crippen molar-refractivity contribution in [2.75, 3.05) is 5.32 Å². The Labute approximate surface area is 124 Å². The Hall–Kier alpha value is -2.40. The summed E-state index contributed by atoms with van der Waals surface area (Å²) in [7, 11) is 0. The number of nitrogens with one attached hydrogen (secondary N) is 1. The van der Waals surface area contributed by atoms with Crippen molar-refractivity contribution in [2.24, 2.45) is 5.73 Å². The van der Waals surface area contributed by atoms with Crippen molar-refractivity contribution in [2.45, 2.75) is 26.5 Å². The lowest BCUT2D eigenvalue weighted by atomic mass is 10.2. The SMILES string of the molecule is Cc1ncccc1OC(C)C(=O)Nc1cccc(CN)c1. The fourth-order valence-electron chi connectivity index (χ4n) is 1.86. The number of nitrogens with zero attached hydrogens (tertiary/aromatic N) is 1. The van der Waals surface area contributed by atoms with Crippen LogP contribution in [0.4, 0.5) is 5.69 Å². The van der Waals surface area contributed by atoms with E-state index in [2.05, 4.69) is 10.3 Å². The lowest BCUT2D eigenvalue weighted by molar-refractivity contribution is -0.122. The van der Waals surface area contributed by atoms with Gasteiger partial charge in [-0.1, -0.05) is 12.1 Å². The molecule has 1 heterocycles. The number of nitrogens with two attached hydrogens (primary N) is 1. The quantitative estimate of drug-likeness (QED) is 0.883. The van der Waals surface area contributed by atoms with Gasteiger partial charge in [-0.3, -0.25) is 9.78 Å². The van der Waals surface area contributed by atoms with Crippen molar-refractivity contribution < 1.29 is 9.53 Å². The molecule has 0 saturated heterocycles. The van der Waals surface area contributed by atoms with Crippen molar-refractivity contribution in [3.8, 4) is 5.75 Å². The number of aryl methyl sites for hydroxylation is 1. The first-order valence-electron chi connectivity index (χ1n) is 6.78. The summed E-state index contributed by atoms with van der Waals surface area (Å²) in [6.45, 7) is 3.98. The molecule has 110 valence electrons. The van der Waals surface area contributed by atoms with Crippen molar-refractivity contribution in [1.29, 1.82) is 0 Å². The van der Waals surface area contributed by atoms with Crippen LogP contribution in [0.3, 0.4) is 0 Å². The maximum Gasteiger partial charge on any atom is 0.265 e. The van der Waals surface area contributed by atoms with E-state index in [1.165, 1.54) is 0 Å². The Morgan fingerprint density at radius 1 is 1.38 bits per heavy atom. The van der Waals surface area contributed by atoms with Crippen LogP contribution in [0.5, 0.6) is 5.75 Å². The molecule has 0 aliphatic rings. The minimum absolute atomic E-state index is 0.215. The zero-order valence-electron chi connectivity index (χ0n) is 12.2. The smallest absolute Gasteiger partial charge is 0.265 e. The van der Waals surface area contributed by atoms with E-state index in [-0.39, 0.29) is 5.91 Å². The van der Waals surface area contributed by atoms with E-state index in [0.717, 1.165) is 11.3 Å². The molecule has 5 heteroatoms. The van der Waals surface area contributed by atoms with Gasteiger partial charge < -0.3 is 15.8 Å². The van der Waals surface area contributed by atoms with Gasteiger partial charge in [0, 0.05) is 18.4 Å². The Balaban J connectivity index is 2.01. The predicted octanol–water partition coefficient (Wildman–Crippen LogP) is 2.25. The highest BCUT2D eigenvalue weighted by Gasteiger charge is 2.16. The molecule has 1 unspecified atom stereocenters. The fraction of sp³-hybridized carbons (Fsp3) is 0.250. The van der Waals surface area contributed by atoms with E-state index in [9.17, 15) is 4.79 Å². The van der Waals surface area contributed by atoms with Gasteiger partial charge in [-0.25, -0.2) is 0 Å². The number of hydrogen-bond donors (Lipinski definition) is 2. The van der Waals surface area contributed by atoms with E-state index in [4.69, 9.17) is 10.5 Å². The molecule has 1 atom stereocenters. The third-order valence-corrected chi connectivity index (χ3v) is 3.06. The van der Waals surface area contributed by atoms with Crippen LogP contribution in [-0.4, -0.2) is 17.0 Å². The van der Waals surface area contributed by atoms with Crippen LogP contribution in [0.2, 0.25) is 0 Å². The molecule has 0 fully saturated rings. The van der Waals surface area contributed by atoms with Gasteiger partial charge in [0.1, 0.15) is 5.75 Å². The van der Waals surface area contributed by atoms with Gasteiger partial charge in [0.15, 0.2) is 6.10 Å². The van der Waals surface area contributed by atoms with Crippen LogP contribution in [0.1, 0.15) is 18.2 Å². The molecule has 1 amide bonds. The van der Waals surface area contributed by atoms with Crippen LogP contribution in [0.25, 0.3) is 0 Å². The second-order valence-corrected chi connectivity index (χ2v) is 4.74. The second-order valence-electron chi connectivity index (χ2n) is 4.74. The summed E-state index contributed by atoms with van der Waals surface area (Å²) in [5.74, 6) is 0.392. The van der Waals surface area contributed by atoms with Gasteiger partial charge >= 0.3 is 0 Å². The molecule has 0 aliphatic heterocycles. The normalized spacial score (nSPS) is 11.8. The van der Waals surface area contributed by atoms with E-state index < -0.39 is 6.10 Å². The average molecular weight is 285 g/mol. The van der Waals surface area contributed by atoms with E-state index >= 15 is 0 Å². The van der Waals surface area contributed by atoms with Gasteiger partial charge in [0.05, 0.1) is 5.69 Å². The lowest BCUT2D eigenvalue weighted by Crippen LogP contribution is -2.30. The number of anilines is 1. The number of hydrogen-bond acceptors (Lipinski definition) is 4. The summed E-state index contributed by atoms with van der Waals surface area (Å²) < 4.78 is 5.64. The zero-order chi connectivity index (χ0) is 15.2. The number of rotatable bonds is 5. The third kappa shape index (κ3) is 4.03. The highest BCUT2D eigenvalue weighted by Crippen LogP contribution is 2.16. The minimum Gasteiger partial charge on any atom is -0.479 e. The molecule has 0 spiro atoms. The molecule has 3 N–H and O–H groups in total. The number of pyridine rings is 1. The molecule has 0 bridgehead atoms. The second kappa shape index (κ2) is 6.85. The monoisotopic (exact) mass is 285 g/mol. The maximum absolute atomic E-state index is 12.1. The molecule has 5 nitrogen and oxygen atoms in total. The topological polar surface area (TPSA) is 77.2 Å². The number of carbonyl (C=O) groups is 1. The van der Waals surface area contributed by atoms with Crippen molar-refractivity contribution in [1.82, 2.24) is 4.98 Å². The van der Waals surface area contributed by atoms with Crippen LogP contribution in [0, 0.1) is 6.92 Å². The molecule has 0 radical (unpaired) electrons. The summed E-state index contributed by atoms with van der Waals surface area (Å²) in [5, 5.41) is 2.82. The number of carbonyl (C=O) groups excluding carboxylic acids is 1. The molecule has 1 aromatic carbocycles. The standard InChI is InChI=1S/C16H19N3O2/c1-11-15(7-4-8-18-11)21-12(2)16(20)19-14-6-3-5-13(9-14)10-17/h3-9,12H,10,17H2,1-2H3,(H,19,20). The zero-order valence-corrected chi connectivity index (χ0v) is 12.2. The summed E-state index contributed by atoms with van der Waals surface area (Å²) in [6.07, 6.45) is 1.07. The molecule has 1 aromatic heterocycles. The molecule has 0 saturated carbocycles. The van der Waals surface area contributed by atoms with Gasteiger partial charge in [0.2, 0.25) is 0 Å². The number of ether oxygens (including phenoxy) is 1. The third-order valence-electron chi connectivity index (χ3n) is 3.06. The highest BCUT2D eigenvalue weighted by molar-refractivity contribution is 5.94.